The summed E-state index contributed by atoms with van der Waals surface area (Å²) in [6, 6.07) is 5.26. The zero-order chi connectivity index (χ0) is 13.3. The van der Waals surface area contributed by atoms with E-state index in [0.29, 0.717) is 11.5 Å². The normalized spacial score (nSPS) is 19.6. The summed E-state index contributed by atoms with van der Waals surface area (Å²) in [6.45, 7) is 6.66. The van der Waals surface area contributed by atoms with Crippen LogP contribution in [-0.4, -0.2) is 23.4 Å². The van der Waals surface area contributed by atoms with E-state index in [4.69, 9.17) is 0 Å². The summed E-state index contributed by atoms with van der Waals surface area (Å²) in [5.74, 6) is -0.117. The van der Waals surface area contributed by atoms with Crippen molar-refractivity contribution in [2.24, 2.45) is 5.92 Å². The lowest BCUT2D eigenvalue weighted by Gasteiger charge is -2.28. The van der Waals surface area contributed by atoms with Crippen LogP contribution in [0, 0.1) is 18.7 Å². The van der Waals surface area contributed by atoms with Gasteiger partial charge < -0.3 is 4.90 Å². The number of hydrogen-bond acceptors (Lipinski definition) is 1. The number of nitrogens with zero attached hydrogens (tertiary/aromatic N) is 1. The smallest absolute Gasteiger partial charge is 0.257 e. The molecular formula is C15H20FNO. The highest BCUT2D eigenvalue weighted by molar-refractivity contribution is 5.95. The van der Waals surface area contributed by atoms with E-state index in [-0.39, 0.29) is 23.3 Å². The standard InChI is InChI=1S/C15H20FNO/c1-10(2)13-8-5-9-17(13)15(18)12-7-4-6-11(3)14(12)16/h4,6-7,10,13H,5,8-9H2,1-3H3. The Balaban J connectivity index is 2.28. The lowest BCUT2D eigenvalue weighted by Crippen LogP contribution is -2.38. The van der Waals surface area contributed by atoms with Crippen molar-refractivity contribution in [3.8, 4) is 0 Å². The molecule has 0 radical (unpaired) electrons. The molecule has 1 atom stereocenters. The number of benzene rings is 1. The highest BCUT2D eigenvalue weighted by Gasteiger charge is 2.32. The van der Waals surface area contributed by atoms with E-state index in [0.717, 1.165) is 19.4 Å². The third-order valence-electron chi connectivity index (χ3n) is 3.75. The van der Waals surface area contributed by atoms with Crippen LogP contribution < -0.4 is 0 Å². The van der Waals surface area contributed by atoms with Crippen LogP contribution in [0.15, 0.2) is 18.2 Å². The fraction of sp³-hybridized carbons (Fsp3) is 0.533. The van der Waals surface area contributed by atoms with E-state index in [2.05, 4.69) is 13.8 Å². The Kier molecular flexibility index (Phi) is 3.69. The predicted molar refractivity (Wildman–Crippen MR) is 70.0 cm³/mol. The molecule has 0 saturated carbocycles. The van der Waals surface area contributed by atoms with E-state index in [1.54, 1.807) is 25.1 Å². The fourth-order valence-corrected chi connectivity index (χ4v) is 2.71. The summed E-state index contributed by atoms with van der Waals surface area (Å²) in [5.41, 5.74) is 0.740. The molecule has 18 heavy (non-hydrogen) atoms. The van der Waals surface area contributed by atoms with Crippen molar-refractivity contribution in [1.82, 2.24) is 4.90 Å². The van der Waals surface area contributed by atoms with Crippen LogP contribution >= 0.6 is 0 Å². The molecule has 1 saturated heterocycles. The van der Waals surface area contributed by atoms with Gasteiger partial charge in [-0.2, -0.15) is 0 Å². The first-order chi connectivity index (χ1) is 8.52. The van der Waals surface area contributed by atoms with Gasteiger partial charge in [0.25, 0.3) is 5.91 Å². The third kappa shape index (κ3) is 2.26. The van der Waals surface area contributed by atoms with Gasteiger partial charge in [0.05, 0.1) is 5.56 Å². The molecule has 2 nitrogen and oxygen atoms in total. The second kappa shape index (κ2) is 5.09. The lowest BCUT2D eigenvalue weighted by molar-refractivity contribution is 0.0696. The molecule has 2 rings (SSSR count). The molecule has 1 fully saturated rings. The number of hydrogen-bond donors (Lipinski definition) is 0. The average Bonchev–Trinajstić information content (AvgIpc) is 2.81. The molecule has 1 aliphatic rings. The molecule has 1 aliphatic heterocycles. The van der Waals surface area contributed by atoms with Crippen molar-refractivity contribution in [2.45, 2.75) is 39.7 Å². The van der Waals surface area contributed by atoms with Gasteiger partial charge in [-0.15, -0.1) is 0 Å². The Bertz CT molecular complexity index is 456. The molecule has 0 aliphatic carbocycles. The maximum atomic E-state index is 14.0. The first-order valence-electron chi connectivity index (χ1n) is 6.58. The van der Waals surface area contributed by atoms with Crippen molar-refractivity contribution in [3.63, 3.8) is 0 Å². The number of aryl methyl sites for hydroxylation is 1. The van der Waals surface area contributed by atoms with E-state index in [1.807, 2.05) is 4.90 Å². The van der Waals surface area contributed by atoms with Crippen molar-refractivity contribution in [2.75, 3.05) is 6.54 Å². The minimum atomic E-state index is -0.378. The molecule has 0 aromatic heterocycles. The van der Waals surface area contributed by atoms with Crippen molar-refractivity contribution >= 4 is 5.91 Å². The van der Waals surface area contributed by atoms with Gasteiger partial charge in [0.1, 0.15) is 5.82 Å². The number of halogens is 1. The predicted octanol–water partition coefficient (Wildman–Crippen LogP) is 3.39. The van der Waals surface area contributed by atoms with E-state index < -0.39 is 0 Å². The van der Waals surface area contributed by atoms with E-state index >= 15 is 0 Å². The molecule has 1 aromatic carbocycles. The highest BCUT2D eigenvalue weighted by atomic mass is 19.1. The Morgan fingerprint density at radius 1 is 1.44 bits per heavy atom. The van der Waals surface area contributed by atoms with Gasteiger partial charge >= 0.3 is 0 Å². The topological polar surface area (TPSA) is 20.3 Å². The second-order valence-corrected chi connectivity index (χ2v) is 5.39. The largest absolute Gasteiger partial charge is 0.335 e. The van der Waals surface area contributed by atoms with Crippen LogP contribution in [0.3, 0.4) is 0 Å². The van der Waals surface area contributed by atoms with Gasteiger partial charge in [0.15, 0.2) is 0 Å². The summed E-state index contributed by atoms with van der Waals surface area (Å²) in [5, 5.41) is 0. The Labute approximate surface area is 108 Å². The minimum Gasteiger partial charge on any atom is -0.335 e. The summed E-state index contributed by atoms with van der Waals surface area (Å²) in [4.78, 5) is 14.3. The van der Waals surface area contributed by atoms with Crippen LogP contribution in [0.4, 0.5) is 4.39 Å². The number of amides is 1. The monoisotopic (exact) mass is 249 g/mol. The molecule has 98 valence electrons. The quantitative estimate of drug-likeness (QED) is 0.786. The second-order valence-electron chi connectivity index (χ2n) is 5.39. The maximum absolute atomic E-state index is 14.0. The van der Waals surface area contributed by atoms with Crippen LogP contribution in [0.5, 0.6) is 0 Å². The minimum absolute atomic E-state index is 0.160. The summed E-state index contributed by atoms with van der Waals surface area (Å²) < 4.78 is 14.0. The Hall–Kier alpha value is -1.38. The number of rotatable bonds is 2. The maximum Gasteiger partial charge on any atom is 0.257 e. The molecule has 0 bridgehead atoms. The van der Waals surface area contributed by atoms with Crippen molar-refractivity contribution < 1.29 is 9.18 Å². The Morgan fingerprint density at radius 3 is 2.83 bits per heavy atom. The third-order valence-corrected chi connectivity index (χ3v) is 3.75. The van der Waals surface area contributed by atoms with Gasteiger partial charge in [-0.25, -0.2) is 4.39 Å². The zero-order valence-electron chi connectivity index (χ0n) is 11.2. The van der Waals surface area contributed by atoms with Crippen LogP contribution in [0.2, 0.25) is 0 Å². The number of carbonyl (C=O) groups is 1. The zero-order valence-corrected chi connectivity index (χ0v) is 11.2. The molecule has 1 aromatic rings. The van der Waals surface area contributed by atoms with Gasteiger partial charge in [-0.3, -0.25) is 4.79 Å². The number of likely N-dealkylation sites (tertiary alicyclic amines) is 1. The molecule has 1 heterocycles. The summed E-state index contributed by atoms with van der Waals surface area (Å²) in [7, 11) is 0. The molecule has 3 heteroatoms. The first-order valence-corrected chi connectivity index (χ1v) is 6.58. The van der Waals surface area contributed by atoms with Crippen LogP contribution in [-0.2, 0) is 0 Å². The fourth-order valence-electron chi connectivity index (χ4n) is 2.71. The molecular weight excluding hydrogens is 229 g/mol. The highest BCUT2D eigenvalue weighted by Crippen LogP contribution is 2.26. The van der Waals surface area contributed by atoms with Gasteiger partial charge in [-0.05, 0) is 37.3 Å². The van der Waals surface area contributed by atoms with Gasteiger partial charge in [0, 0.05) is 12.6 Å². The van der Waals surface area contributed by atoms with Gasteiger partial charge in [0.2, 0.25) is 0 Å². The van der Waals surface area contributed by atoms with Crippen molar-refractivity contribution in [3.05, 3.63) is 35.1 Å². The lowest BCUT2D eigenvalue weighted by atomic mass is 10.0. The SMILES string of the molecule is Cc1cccc(C(=O)N2CCCC2C(C)C)c1F. The first kappa shape index (κ1) is 13.1. The summed E-state index contributed by atoms with van der Waals surface area (Å²) in [6.07, 6.45) is 2.04. The van der Waals surface area contributed by atoms with Crippen molar-refractivity contribution in [1.29, 1.82) is 0 Å². The molecule has 0 N–H and O–H groups in total. The van der Waals surface area contributed by atoms with E-state index in [9.17, 15) is 9.18 Å². The summed E-state index contributed by atoms with van der Waals surface area (Å²) >= 11 is 0. The molecule has 1 amide bonds. The van der Waals surface area contributed by atoms with Crippen LogP contribution in [0.1, 0.15) is 42.6 Å². The molecule has 0 spiro atoms. The average molecular weight is 249 g/mol. The van der Waals surface area contributed by atoms with Crippen LogP contribution in [0.25, 0.3) is 0 Å². The number of carbonyl (C=O) groups excluding carboxylic acids is 1. The molecule has 1 unspecified atom stereocenters. The van der Waals surface area contributed by atoms with E-state index in [1.165, 1.54) is 0 Å². The Morgan fingerprint density at radius 2 is 2.17 bits per heavy atom. The van der Waals surface area contributed by atoms with Gasteiger partial charge in [-0.1, -0.05) is 26.0 Å².